The van der Waals surface area contributed by atoms with Crippen LogP contribution in [0, 0.1) is 6.92 Å². The summed E-state index contributed by atoms with van der Waals surface area (Å²) in [6.45, 7) is 11.4. The summed E-state index contributed by atoms with van der Waals surface area (Å²) in [6.07, 6.45) is 0. The van der Waals surface area contributed by atoms with Crippen LogP contribution in [0.1, 0.15) is 35.0 Å². The van der Waals surface area contributed by atoms with E-state index in [0.29, 0.717) is 0 Å². The van der Waals surface area contributed by atoms with Crippen LogP contribution >= 0.6 is 11.3 Å². The van der Waals surface area contributed by atoms with Crippen molar-refractivity contribution in [1.29, 1.82) is 0 Å². The Morgan fingerprint density at radius 1 is 1.10 bits per heavy atom. The Morgan fingerprint density at radius 2 is 1.90 bits per heavy atom. The molecule has 0 atom stereocenters. The van der Waals surface area contributed by atoms with Gasteiger partial charge in [0.1, 0.15) is 0 Å². The van der Waals surface area contributed by atoms with Gasteiger partial charge in [0, 0.05) is 35.1 Å². The largest absolute Gasteiger partial charge is 0.312 e. The Morgan fingerprint density at radius 3 is 2.62 bits per heavy atom. The van der Waals surface area contributed by atoms with E-state index in [2.05, 4.69) is 53.3 Å². The van der Waals surface area contributed by atoms with Gasteiger partial charge >= 0.3 is 0 Å². The first-order chi connectivity index (χ1) is 10.2. The summed E-state index contributed by atoms with van der Waals surface area (Å²) in [4.78, 5) is 9.88. The molecular weight excluding hydrogens is 278 g/mol. The summed E-state index contributed by atoms with van der Waals surface area (Å²) < 4.78 is 0. The molecule has 2 aromatic heterocycles. The fourth-order valence-corrected chi connectivity index (χ4v) is 3.30. The minimum atomic E-state index is 0.915. The highest BCUT2D eigenvalue weighted by molar-refractivity contribution is 7.11. The summed E-state index contributed by atoms with van der Waals surface area (Å²) in [5.41, 5.74) is 2.24. The second-order valence-electron chi connectivity index (χ2n) is 5.22. The molecule has 2 heterocycles. The van der Waals surface area contributed by atoms with Crippen molar-refractivity contribution < 1.29 is 0 Å². The summed E-state index contributed by atoms with van der Waals surface area (Å²) in [6, 6.07) is 10.7. The maximum atomic E-state index is 4.60. The fraction of sp³-hybridized carbons (Fsp3) is 0.471. The van der Waals surface area contributed by atoms with Crippen LogP contribution in [0.25, 0.3) is 0 Å². The van der Waals surface area contributed by atoms with E-state index in [-0.39, 0.29) is 0 Å². The second-order valence-corrected chi connectivity index (χ2v) is 6.47. The van der Waals surface area contributed by atoms with Gasteiger partial charge in [0.2, 0.25) is 0 Å². The van der Waals surface area contributed by atoms with E-state index in [1.54, 1.807) is 0 Å². The van der Waals surface area contributed by atoms with Gasteiger partial charge in [0.05, 0.1) is 5.69 Å². The number of pyridine rings is 1. The van der Waals surface area contributed by atoms with Crippen molar-refractivity contribution >= 4 is 11.3 Å². The van der Waals surface area contributed by atoms with Crippen molar-refractivity contribution in [2.45, 2.75) is 40.4 Å². The van der Waals surface area contributed by atoms with Gasteiger partial charge in [0.25, 0.3) is 0 Å². The lowest BCUT2D eigenvalue weighted by atomic mass is 10.3. The van der Waals surface area contributed by atoms with E-state index >= 15 is 0 Å². The van der Waals surface area contributed by atoms with Crippen LogP contribution in [0.3, 0.4) is 0 Å². The molecular formula is C17H25N3S. The molecule has 0 radical (unpaired) electrons. The van der Waals surface area contributed by atoms with E-state index in [0.717, 1.165) is 44.1 Å². The molecule has 0 bridgehead atoms. The van der Waals surface area contributed by atoms with E-state index in [4.69, 9.17) is 0 Å². The van der Waals surface area contributed by atoms with Gasteiger partial charge in [-0.1, -0.05) is 19.9 Å². The normalized spacial score (nSPS) is 11.2. The number of nitrogens with zero attached hydrogens (tertiary/aromatic N) is 2. The third-order valence-corrected chi connectivity index (χ3v) is 4.49. The Hall–Kier alpha value is -1.23. The highest BCUT2D eigenvalue weighted by Gasteiger charge is 2.08. The highest BCUT2D eigenvalue weighted by atomic mass is 32.1. The van der Waals surface area contributed by atoms with E-state index < -0.39 is 0 Å². The van der Waals surface area contributed by atoms with Gasteiger partial charge in [-0.15, -0.1) is 11.3 Å². The maximum Gasteiger partial charge on any atom is 0.0547 e. The Bertz CT molecular complexity index is 550. The smallest absolute Gasteiger partial charge is 0.0547 e. The fourth-order valence-electron chi connectivity index (χ4n) is 2.27. The Kier molecular flexibility index (Phi) is 6.36. The molecule has 0 amide bonds. The van der Waals surface area contributed by atoms with E-state index in [1.807, 2.05) is 24.3 Å². The molecule has 0 fully saturated rings. The lowest BCUT2D eigenvalue weighted by Crippen LogP contribution is -2.22. The zero-order chi connectivity index (χ0) is 15.1. The monoisotopic (exact) mass is 303 g/mol. The lowest BCUT2D eigenvalue weighted by Gasteiger charge is -2.19. The van der Waals surface area contributed by atoms with Crippen LogP contribution in [-0.2, 0) is 19.6 Å². The minimum absolute atomic E-state index is 0.915. The number of hydrogen-bond donors (Lipinski definition) is 1. The predicted molar refractivity (Wildman–Crippen MR) is 90.5 cm³/mol. The maximum absolute atomic E-state index is 4.60. The molecule has 1 N–H and O–H groups in total. The molecule has 3 nitrogen and oxygen atoms in total. The summed E-state index contributed by atoms with van der Waals surface area (Å²) in [5.74, 6) is 0. The standard InChI is InChI=1S/C17H25N3S/c1-4-18-11-16-9-10-17(21-16)13-20(5-2)12-15-8-6-7-14(3)19-15/h6-10,18H,4-5,11-13H2,1-3H3. The van der Waals surface area contributed by atoms with Crippen molar-refractivity contribution in [2.75, 3.05) is 13.1 Å². The van der Waals surface area contributed by atoms with E-state index in [1.165, 1.54) is 9.75 Å². The first kappa shape index (κ1) is 16.1. The quantitative estimate of drug-likeness (QED) is 0.808. The van der Waals surface area contributed by atoms with Crippen LogP contribution in [0.4, 0.5) is 0 Å². The second kappa shape index (κ2) is 8.27. The number of aryl methyl sites for hydroxylation is 1. The van der Waals surface area contributed by atoms with Crippen LogP contribution in [-0.4, -0.2) is 23.0 Å². The third-order valence-electron chi connectivity index (χ3n) is 3.42. The topological polar surface area (TPSA) is 28.2 Å². The molecule has 4 heteroatoms. The van der Waals surface area contributed by atoms with Crippen LogP contribution in [0.2, 0.25) is 0 Å². The zero-order valence-electron chi connectivity index (χ0n) is 13.2. The summed E-state index contributed by atoms with van der Waals surface area (Å²) in [5, 5.41) is 3.38. The van der Waals surface area contributed by atoms with Crippen molar-refractivity contribution in [3.8, 4) is 0 Å². The number of nitrogens with one attached hydrogen (secondary N) is 1. The van der Waals surface area contributed by atoms with Gasteiger partial charge in [-0.3, -0.25) is 9.88 Å². The molecule has 2 aromatic rings. The molecule has 0 spiro atoms. The first-order valence-electron chi connectivity index (χ1n) is 7.64. The molecule has 114 valence electrons. The molecule has 2 rings (SSSR count). The van der Waals surface area contributed by atoms with Gasteiger partial charge in [-0.2, -0.15) is 0 Å². The first-order valence-corrected chi connectivity index (χ1v) is 8.46. The van der Waals surface area contributed by atoms with Crippen molar-refractivity contribution in [3.05, 3.63) is 51.5 Å². The highest BCUT2D eigenvalue weighted by Crippen LogP contribution is 2.19. The van der Waals surface area contributed by atoms with Crippen LogP contribution < -0.4 is 5.32 Å². The van der Waals surface area contributed by atoms with Crippen molar-refractivity contribution in [1.82, 2.24) is 15.2 Å². The molecule has 0 aliphatic carbocycles. The molecule has 0 saturated carbocycles. The zero-order valence-corrected chi connectivity index (χ0v) is 14.0. The molecule has 0 saturated heterocycles. The van der Waals surface area contributed by atoms with E-state index in [9.17, 15) is 0 Å². The molecule has 0 aromatic carbocycles. The van der Waals surface area contributed by atoms with Crippen LogP contribution in [0.15, 0.2) is 30.3 Å². The number of thiophene rings is 1. The van der Waals surface area contributed by atoms with Gasteiger partial charge in [-0.05, 0) is 44.3 Å². The molecule has 0 unspecified atom stereocenters. The van der Waals surface area contributed by atoms with Gasteiger partial charge in [0.15, 0.2) is 0 Å². The van der Waals surface area contributed by atoms with Crippen molar-refractivity contribution in [3.63, 3.8) is 0 Å². The number of rotatable bonds is 8. The third kappa shape index (κ3) is 5.23. The average molecular weight is 303 g/mol. The van der Waals surface area contributed by atoms with Crippen LogP contribution in [0.5, 0.6) is 0 Å². The molecule has 0 aliphatic heterocycles. The lowest BCUT2D eigenvalue weighted by molar-refractivity contribution is 0.270. The van der Waals surface area contributed by atoms with Crippen molar-refractivity contribution in [2.24, 2.45) is 0 Å². The molecule has 0 aliphatic rings. The Balaban J connectivity index is 1.94. The molecule has 21 heavy (non-hydrogen) atoms. The minimum Gasteiger partial charge on any atom is -0.312 e. The number of aromatic nitrogens is 1. The number of hydrogen-bond acceptors (Lipinski definition) is 4. The van der Waals surface area contributed by atoms with Gasteiger partial charge < -0.3 is 5.32 Å². The Labute approximate surface area is 132 Å². The SMILES string of the molecule is CCNCc1ccc(CN(CC)Cc2cccc(C)n2)s1. The summed E-state index contributed by atoms with van der Waals surface area (Å²) >= 11 is 1.91. The predicted octanol–water partition coefficient (Wildman–Crippen LogP) is 3.58. The average Bonchev–Trinajstić information content (AvgIpc) is 2.92. The summed E-state index contributed by atoms with van der Waals surface area (Å²) in [7, 11) is 0. The van der Waals surface area contributed by atoms with Gasteiger partial charge in [-0.25, -0.2) is 0 Å².